The summed E-state index contributed by atoms with van der Waals surface area (Å²) in [5.41, 5.74) is 4.56. The molecule has 0 radical (unpaired) electrons. The molecular formula is C23H31N7O. The van der Waals surface area contributed by atoms with Crippen molar-refractivity contribution in [2.45, 2.75) is 25.9 Å². The van der Waals surface area contributed by atoms with Crippen molar-refractivity contribution in [3.05, 3.63) is 65.7 Å². The van der Waals surface area contributed by atoms with Gasteiger partial charge in [0.15, 0.2) is 5.96 Å². The average molecular weight is 422 g/mol. The van der Waals surface area contributed by atoms with Gasteiger partial charge < -0.3 is 15.0 Å². The molecule has 2 aromatic heterocycles. The molecule has 164 valence electrons. The standard InChI is InChI=1S/C23H31N7O/c1-18-19(16-30(27-18)21-9-5-4-6-10-21)8-7-11-25-23(24-2)29-12-13-31-22(17-29)20-14-26-28(3)15-20/h4-6,9-10,14-16,22H,7-8,11-13,17H2,1-3H3,(H,24,25). The molecule has 1 N–H and O–H groups in total. The van der Waals surface area contributed by atoms with Crippen molar-refractivity contribution in [1.29, 1.82) is 0 Å². The quantitative estimate of drug-likeness (QED) is 0.376. The zero-order chi connectivity index (χ0) is 21.6. The van der Waals surface area contributed by atoms with Crippen LogP contribution in [-0.4, -0.2) is 63.7 Å². The SMILES string of the molecule is CN=C(NCCCc1cn(-c2ccccc2)nc1C)N1CCOC(c2cnn(C)c2)C1. The van der Waals surface area contributed by atoms with Crippen LogP contribution < -0.4 is 5.32 Å². The third kappa shape index (κ3) is 5.14. The monoisotopic (exact) mass is 421 g/mol. The van der Waals surface area contributed by atoms with Crippen LogP contribution in [0.3, 0.4) is 0 Å². The van der Waals surface area contributed by atoms with Gasteiger partial charge in [-0.1, -0.05) is 18.2 Å². The summed E-state index contributed by atoms with van der Waals surface area (Å²) in [7, 11) is 3.76. The van der Waals surface area contributed by atoms with E-state index >= 15 is 0 Å². The molecule has 1 aliphatic rings. The fourth-order valence-electron chi connectivity index (χ4n) is 3.92. The minimum absolute atomic E-state index is 0.0208. The summed E-state index contributed by atoms with van der Waals surface area (Å²) in [4.78, 5) is 6.75. The molecule has 8 heteroatoms. The van der Waals surface area contributed by atoms with Gasteiger partial charge in [-0.25, -0.2) is 4.68 Å². The minimum atomic E-state index is 0.0208. The van der Waals surface area contributed by atoms with Crippen LogP contribution in [0, 0.1) is 6.92 Å². The molecule has 0 aliphatic carbocycles. The molecule has 1 saturated heterocycles. The Hall–Kier alpha value is -3.13. The molecule has 4 rings (SSSR count). The van der Waals surface area contributed by atoms with Gasteiger partial charge in [-0.2, -0.15) is 10.2 Å². The van der Waals surface area contributed by atoms with E-state index in [0.29, 0.717) is 6.61 Å². The number of aryl methyl sites for hydroxylation is 3. The van der Waals surface area contributed by atoms with E-state index in [1.165, 1.54) is 5.56 Å². The Morgan fingerprint density at radius 2 is 2.10 bits per heavy atom. The maximum absolute atomic E-state index is 5.95. The molecule has 0 amide bonds. The number of aliphatic imine (C=N–C) groups is 1. The number of nitrogens with one attached hydrogen (secondary N) is 1. The molecule has 0 spiro atoms. The number of hydrogen-bond donors (Lipinski definition) is 1. The van der Waals surface area contributed by atoms with Gasteiger partial charge in [0, 0.05) is 45.1 Å². The minimum Gasteiger partial charge on any atom is -0.370 e. The number of hydrogen-bond acceptors (Lipinski definition) is 4. The lowest BCUT2D eigenvalue weighted by Crippen LogP contribution is -2.48. The Morgan fingerprint density at radius 1 is 1.26 bits per heavy atom. The van der Waals surface area contributed by atoms with Crippen molar-refractivity contribution in [3.63, 3.8) is 0 Å². The molecule has 1 atom stereocenters. The van der Waals surface area contributed by atoms with Crippen LogP contribution >= 0.6 is 0 Å². The summed E-state index contributed by atoms with van der Waals surface area (Å²) in [6.45, 7) is 5.22. The molecule has 8 nitrogen and oxygen atoms in total. The second kappa shape index (κ2) is 9.78. The van der Waals surface area contributed by atoms with Crippen LogP contribution in [0.15, 0.2) is 53.9 Å². The number of benzene rings is 1. The zero-order valence-corrected chi connectivity index (χ0v) is 18.5. The normalized spacial score (nSPS) is 17.2. The third-order valence-electron chi connectivity index (χ3n) is 5.60. The summed E-state index contributed by atoms with van der Waals surface area (Å²) in [6.07, 6.45) is 8.04. The largest absolute Gasteiger partial charge is 0.370 e. The van der Waals surface area contributed by atoms with E-state index in [1.54, 1.807) is 0 Å². The van der Waals surface area contributed by atoms with E-state index in [9.17, 15) is 0 Å². The van der Waals surface area contributed by atoms with Crippen molar-refractivity contribution < 1.29 is 4.74 Å². The average Bonchev–Trinajstić information content (AvgIpc) is 3.40. The highest BCUT2D eigenvalue weighted by Crippen LogP contribution is 2.21. The summed E-state index contributed by atoms with van der Waals surface area (Å²) in [5.74, 6) is 0.925. The number of ether oxygens (including phenoxy) is 1. The Balaban J connectivity index is 1.28. The predicted molar refractivity (Wildman–Crippen MR) is 121 cm³/mol. The molecule has 31 heavy (non-hydrogen) atoms. The maximum Gasteiger partial charge on any atom is 0.193 e. The molecule has 0 saturated carbocycles. The highest BCUT2D eigenvalue weighted by Gasteiger charge is 2.25. The number of morpholine rings is 1. The molecule has 1 fully saturated rings. The van der Waals surface area contributed by atoms with Crippen LogP contribution in [0.4, 0.5) is 0 Å². The fraction of sp³-hybridized carbons (Fsp3) is 0.435. The summed E-state index contributed by atoms with van der Waals surface area (Å²) < 4.78 is 9.72. The van der Waals surface area contributed by atoms with E-state index < -0.39 is 0 Å². The predicted octanol–water partition coefficient (Wildman–Crippen LogP) is 2.50. The summed E-state index contributed by atoms with van der Waals surface area (Å²) in [5, 5.41) is 12.4. The number of para-hydroxylation sites is 1. The van der Waals surface area contributed by atoms with Gasteiger partial charge in [0.2, 0.25) is 0 Å². The van der Waals surface area contributed by atoms with Crippen LogP contribution in [0.1, 0.15) is 29.3 Å². The van der Waals surface area contributed by atoms with E-state index in [4.69, 9.17) is 4.74 Å². The number of rotatable bonds is 6. The second-order valence-corrected chi connectivity index (χ2v) is 7.85. The molecule has 3 heterocycles. The molecular weight excluding hydrogens is 390 g/mol. The highest BCUT2D eigenvalue weighted by atomic mass is 16.5. The first-order valence-electron chi connectivity index (χ1n) is 10.8. The van der Waals surface area contributed by atoms with E-state index in [2.05, 4.69) is 50.7 Å². The van der Waals surface area contributed by atoms with E-state index in [0.717, 1.165) is 55.4 Å². The molecule has 0 bridgehead atoms. The fourth-order valence-corrected chi connectivity index (χ4v) is 3.92. The van der Waals surface area contributed by atoms with Crippen LogP contribution in [0.25, 0.3) is 5.69 Å². The van der Waals surface area contributed by atoms with Gasteiger partial charge in [-0.15, -0.1) is 0 Å². The van der Waals surface area contributed by atoms with Gasteiger partial charge in [0.05, 0.1) is 30.7 Å². The van der Waals surface area contributed by atoms with Gasteiger partial charge in [0.25, 0.3) is 0 Å². The third-order valence-corrected chi connectivity index (χ3v) is 5.60. The van der Waals surface area contributed by atoms with Crippen molar-refractivity contribution in [1.82, 2.24) is 29.8 Å². The summed E-state index contributed by atoms with van der Waals surface area (Å²) >= 11 is 0. The van der Waals surface area contributed by atoms with Crippen molar-refractivity contribution in [3.8, 4) is 5.69 Å². The van der Waals surface area contributed by atoms with Crippen LogP contribution in [0.5, 0.6) is 0 Å². The van der Waals surface area contributed by atoms with Crippen molar-refractivity contribution in [2.75, 3.05) is 33.3 Å². The first-order valence-corrected chi connectivity index (χ1v) is 10.8. The molecule has 1 aliphatic heterocycles. The highest BCUT2D eigenvalue weighted by molar-refractivity contribution is 5.80. The topological polar surface area (TPSA) is 72.5 Å². The lowest BCUT2D eigenvalue weighted by atomic mass is 10.1. The van der Waals surface area contributed by atoms with Crippen molar-refractivity contribution in [2.24, 2.45) is 12.0 Å². The number of aromatic nitrogens is 4. The molecule has 3 aromatic rings. The Labute approximate surface area is 183 Å². The summed E-state index contributed by atoms with van der Waals surface area (Å²) in [6, 6.07) is 10.2. The van der Waals surface area contributed by atoms with Gasteiger partial charge in [0.1, 0.15) is 6.10 Å². The smallest absolute Gasteiger partial charge is 0.193 e. The zero-order valence-electron chi connectivity index (χ0n) is 18.5. The Bertz CT molecular complexity index is 1010. The van der Waals surface area contributed by atoms with Crippen LogP contribution in [-0.2, 0) is 18.2 Å². The number of nitrogens with zero attached hydrogens (tertiary/aromatic N) is 6. The first kappa shape index (κ1) is 21.1. The second-order valence-electron chi connectivity index (χ2n) is 7.85. The van der Waals surface area contributed by atoms with Gasteiger partial charge in [-0.3, -0.25) is 9.67 Å². The Kier molecular flexibility index (Phi) is 6.66. The lowest BCUT2D eigenvalue weighted by Gasteiger charge is -2.34. The Morgan fingerprint density at radius 3 is 2.84 bits per heavy atom. The lowest BCUT2D eigenvalue weighted by molar-refractivity contribution is -0.00801. The molecule has 1 aromatic carbocycles. The maximum atomic E-state index is 5.95. The van der Waals surface area contributed by atoms with Crippen LogP contribution in [0.2, 0.25) is 0 Å². The molecule has 1 unspecified atom stereocenters. The van der Waals surface area contributed by atoms with Crippen molar-refractivity contribution >= 4 is 5.96 Å². The van der Waals surface area contributed by atoms with Gasteiger partial charge in [-0.05, 0) is 37.5 Å². The van der Waals surface area contributed by atoms with E-state index in [-0.39, 0.29) is 6.10 Å². The van der Waals surface area contributed by atoms with E-state index in [1.807, 2.05) is 54.1 Å². The number of guanidine groups is 1. The first-order chi connectivity index (χ1) is 15.1. The van der Waals surface area contributed by atoms with Gasteiger partial charge >= 0.3 is 0 Å².